The van der Waals surface area contributed by atoms with Crippen molar-refractivity contribution in [2.45, 2.75) is 6.42 Å². The van der Waals surface area contributed by atoms with Crippen LogP contribution < -0.4 is 27.6 Å². The van der Waals surface area contributed by atoms with E-state index in [9.17, 15) is 14.4 Å². The molecule has 4 N–H and O–H groups in total. The van der Waals surface area contributed by atoms with Crippen LogP contribution in [0.2, 0.25) is 0 Å². The normalized spacial score (nSPS) is 10.6. The Morgan fingerprint density at radius 3 is 2.46 bits per heavy atom. The summed E-state index contributed by atoms with van der Waals surface area (Å²) < 4.78 is 2.01. The number of nitrogens with zero attached hydrogens (tertiary/aromatic N) is 2. The summed E-state index contributed by atoms with van der Waals surface area (Å²) in [5.41, 5.74) is 5.65. The maximum atomic E-state index is 12.0. The topological polar surface area (TPSA) is 111 Å². The quantitative estimate of drug-likeness (QED) is 0.614. The highest BCUT2D eigenvalue weighted by Gasteiger charge is 2.15. The molecule has 2 rings (SSSR count). The molecule has 0 aliphatic heterocycles. The van der Waals surface area contributed by atoms with Gasteiger partial charge in [0.15, 0.2) is 0 Å². The van der Waals surface area contributed by atoms with Gasteiger partial charge in [0, 0.05) is 14.1 Å². The summed E-state index contributed by atoms with van der Waals surface area (Å²) in [5, 5.41) is 5.47. The molecule has 0 saturated carbocycles. The summed E-state index contributed by atoms with van der Waals surface area (Å²) in [7, 11) is 2.77. The maximum absolute atomic E-state index is 12.0. The monoisotopic (exact) mass is 331 g/mol. The van der Waals surface area contributed by atoms with E-state index in [2.05, 4.69) is 10.6 Å². The third-order valence-corrected chi connectivity index (χ3v) is 3.69. The summed E-state index contributed by atoms with van der Waals surface area (Å²) in [6.07, 6.45) is 0.790. The third-order valence-electron chi connectivity index (χ3n) is 3.69. The molecule has 24 heavy (non-hydrogen) atoms. The van der Waals surface area contributed by atoms with E-state index in [1.807, 2.05) is 30.3 Å². The van der Waals surface area contributed by atoms with Gasteiger partial charge in [-0.3, -0.25) is 18.7 Å². The summed E-state index contributed by atoms with van der Waals surface area (Å²) in [6.45, 7) is 0.663. The van der Waals surface area contributed by atoms with E-state index in [0.717, 1.165) is 15.6 Å². The first kappa shape index (κ1) is 17.5. The number of nitrogens with two attached hydrogens (primary N) is 1. The van der Waals surface area contributed by atoms with Crippen LogP contribution in [-0.4, -0.2) is 28.1 Å². The standard InChI is InChI=1S/C16H21N5O3/c1-20-14(17)13(15(23)21(2)16(20)24)19-12(22)10-18-9-8-11-6-4-3-5-7-11/h3-7,18H,8-10,17H2,1-2H3,(H,19,22). The van der Waals surface area contributed by atoms with Gasteiger partial charge >= 0.3 is 5.69 Å². The first-order valence-corrected chi connectivity index (χ1v) is 7.51. The fraction of sp³-hybridized carbons (Fsp3) is 0.312. The van der Waals surface area contributed by atoms with Gasteiger partial charge in [0.25, 0.3) is 5.56 Å². The van der Waals surface area contributed by atoms with Crippen LogP contribution >= 0.6 is 0 Å². The maximum Gasteiger partial charge on any atom is 0.332 e. The van der Waals surface area contributed by atoms with E-state index in [4.69, 9.17) is 5.73 Å². The van der Waals surface area contributed by atoms with Crippen LogP contribution in [0.3, 0.4) is 0 Å². The van der Waals surface area contributed by atoms with Crippen LogP contribution in [0, 0.1) is 0 Å². The predicted molar refractivity (Wildman–Crippen MR) is 93.0 cm³/mol. The molecular formula is C16H21N5O3. The molecule has 0 spiro atoms. The Balaban J connectivity index is 1.94. The second kappa shape index (κ2) is 7.60. The van der Waals surface area contributed by atoms with E-state index in [1.165, 1.54) is 19.7 Å². The highest BCUT2D eigenvalue weighted by atomic mass is 16.2. The Morgan fingerprint density at radius 2 is 1.79 bits per heavy atom. The molecule has 0 unspecified atom stereocenters. The van der Waals surface area contributed by atoms with E-state index < -0.39 is 17.2 Å². The molecule has 1 aromatic carbocycles. The lowest BCUT2D eigenvalue weighted by atomic mass is 10.1. The van der Waals surface area contributed by atoms with Crippen LogP contribution in [0.1, 0.15) is 5.56 Å². The molecule has 2 aromatic rings. The second-order valence-corrected chi connectivity index (χ2v) is 5.43. The van der Waals surface area contributed by atoms with Crippen LogP contribution in [0.25, 0.3) is 0 Å². The second-order valence-electron chi connectivity index (χ2n) is 5.43. The van der Waals surface area contributed by atoms with Gasteiger partial charge in [-0.15, -0.1) is 0 Å². The SMILES string of the molecule is Cn1c(N)c(NC(=O)CNCCc2ccccc2)c(=O)n(C)c1=O. The van der Waals surface area contributed by atoms with Crippen molar-refractivity contribution in [2.75, 3.05) is 24.1 Å². The van der Waals surface area contributed by atoms with E-state index in [-0.39, 0.29) is 18.1 Å². The number of carbonyl (C=O) groups is 1. The van der Waals surface area contributed by atoms with Gasteiger partial charge in [-0.05, 0) is 18.5 Å². The summed E-state index contributed by atoms with van der Waals surface area (Å²) in [4.78, 5) is 35.7. The molecule has 0 fully saturated rings. The van der Waals surface area contributed by atoms with Crippen molar-refractivity contribution >= 4 is 17.4 Å². The molecule has 128 valence electrons. The van der Waals surface area contributed by atoms with Gasteiger partial charge in [-0.1, -0.05) is 30.3 Å². The average molecular weight is 331 g/mol. The Kier molecular flexibility index (Phi) is 5.54. The van der Waals surface area contributed by atoms with Crippen molar-refractivity contribution < 1.29 is 4.79 Å². The largest absolute Gasteiger partial charge is 0.383 e. The van der Waals surface area contributed by atoms with E-state index in [0.29, 0.717) is 6.54 Å². The van der Waals surface area contributed by atoms with Crippen molar-refractivity contribution in [3.63, 3.8) is 0 Å². The molecule has 8 nitrogen and oxygen atoms in total. The molecule has 8 heteroatoms. The lowest BCUT2D eigenvalue weighted by Crippen LogP contribution is -2.41. The summed E-state index contributed by atoms with van der Waals surface area (Å²) in [5.74, 6) is -0.466. The fourth-order valence-electron chi connectivity index (χ4n) is 2.24. The summed E-state index contributed by atoms with van der Waals surface area (Å²) in [6, 6.07) is 9.89. The van der Waals surface area contributed by atoms with Gasteiger partial charge in [0.1, 0.15) is 11.5 Å². The van der Waals surface area contributed by atoms with Gasteiger partial charge < -0.3 is 16.4 Å². The summed E-state index contributed by atoms with van der Waals surface area (Å²) >= 11 is 0. The molecule has 1 heterocycles. The zero-order valence-electron chi connectivity index (χ0n) is 13.7. The lowest BCUT2D eigenvalue weighted by Gasteiger charge is -2.12. The van der Waals surface area contributed by atoms with Crippen LogP contribution in [-0.2, 0) is 25.3 Å². The molecule has 0 radical (unpaired) electrons. The number of rotatable bonds is 6. The number of nitrogen functional groups attached to an aromatic ring is 1. The zero-order valence-corrected chi connectivity index (χ0v) is 13.7. The number of aromatic nitrogens is 2. The molecule has 0 aliphatic carbocycles. The van der Waals surface area contributed by atoms with Crippen molar-refractivity contribution in [2.24, 2.45) is 14.1 Å². The number of benzene rings is 1. The van der Waals surface area contributed by atoms with Crippen molar-refractivity contribution in [1.29, 1.82) is 0 Å². The molecule has 1 aromatic heterocycles. The highest BCUT2D eigenvalue weighted by molar-refractivity contribution is 5.94. The Hall–Kier alpha value is -2.87. The molecule has 0 aliphatic rings. The molecule has 0 bridgehead atoms. The molecule has 0 saturated heterocycles. The number of amides is 1. The minimum atomic E-state index is -0.631. The number of anilines is 2. The zero-order chi connectivity index (χ0) is 17.7. The fourth-order valence-corrected chi connectivity index (χ4v) is 2.24. The molecule has 0 atom stereocenters. The lowest BCUT2D eigenvalue weighted by molar-refractivity contribution is -0.115. The first-order valence-electron chi connectivity index (χ1n) is 7.51. The minimum absolute atomic E-state index is 0.0399. The van der Waals surface area contributed by atoms with E-state index in [1.54, 1.807) is 0 Å². The number of hydrogen-bond donors (Lipinski definition) is 3. The minimum Gasteiger partial charge on any atom is -0.383 e. The van der Waals surface area contributed by atoms with Gasteiger partial charge in [-0.2, -0.15) is 0 Å². The Labute approximate surface area is 138 Å². The number of nitrogens with one attached hydrogen (secondary N) is 2. The van der Waals surface area contributed by atoms with Crippen molar-refractivity contribution in [1.82, 2.24) is 14.5 Å². The van der Waals surface area contributed by atoms with E-state index >= 15 is 0 Å². The van der Waals surface area contributed by atoms with Crippen LogP contribution in [0.4, 0.5) is 11.5 Å². The highest BCUT2D eigenvalue weighted by Crippen LogP contribution is 2.08. The average Bonchev–Trinajstić information content (AvgIpc) is 2.60. The Bertz CT molecular complexity index is 839. The Morgan fingerprint density at radius 1 is 1.12 bits per heavy atom. The van der Waals surface area contributed by atoms with Crippen molar-refractivity contribution in [3.8, 4) is 0 Å². The number of carbonyl (C=O) groups excluding carboxylic acids is 1. The smallest absolute Gasteiger partial charge is 0.332 e. The van der Waals surface area contributed by atoms with Crippen molar-refractivity contribution in [3.05, 3.63) is 56.7 Å². The third kappa shape index (κ3) is 3.90. The van der Waals surface area contributed by atoms with Crippen LogP contribution in [0.15, 0.2) is 39.9 Å². The predicted octanol–water partition coefficient (Wildman–Crippen LogP) is -0.563. The van der Waals surface area contributed by atoms with Gasteiger partial charge in [-0.25, -0.2) is 4.79 Å². The molecular weight excluding hydrogens is 310 g/mol. The van der Waals surface area contributed by atoms with Gasteiger partial charge in [0.05, 0.1) is 6.54 Å². The first-order chi connectivity index (χ1) is 11.4. The molecule has 1 amide bonds. The number of hydrogen-bond acceptors (Lipinski definition) is 5. The van der Waals surface area contributed by atoms with Gasteiger partial charge in [0.2, 0.25) is 5.91 Å². The van der Waals surface area contributed by atoms with Crippen LogP contribution in [0.5, 0.6) is 0 Å².